The zero-order valence-corrected chi connectivity index (χ0v) is 13.7. The summed E-state index contributed by atoms with van der Waals surface area (Å²) in [5.74, 6) is 0.282. The van der Waals surface area contributed by atoms with Gasteiger partial charge in [0.05, 0.1) is 11.0 Å². The maximum absolute atomic E-state index is 11.2. The van der Waals surface area contributed by atoms with Crippen LogP contribution in [0.2, 0.25) is 0 Å². The van der Waals surface area contributed by atoms with Gasteiger partial charge in [-0.05, 0) is 56.5 Å². The van der Waals surface area contributed by atoms with Gasteiger partial charge < -0.3 is 4.74 Å². The maximum Gasteiger partial charge on any atom is 0.311 e. The van der Waals surface area contributed by atoms with Gasteiger partial charge >= 0.3 is 5.69 Å². The molecule has 0 bridgehead atoms. The van der Waals surface area contributed by atoms with E-state index in [-0.39, 0.29) is 17.5 Å². The first-order valence-electron chi connectivity index (χ1n) is 7.11. The van der Waals surface area contributed by atoms with E-state index in [2.05, 4.69) is 4.99 Å². The highest BCUT2D eigenvalue weighted by molar-refractivity contribution is 5.90. The van der Waals surface area contributed by atoms with Gasteiger partial charge in [0.15, 0.2) is 5.75 Å². The summed E-state index contributed by atoms with van der Waals surface area (Å²) in [6.07, 6.45) is 7.28. The summed E-state index contributed by atoms with van der Waals surface area (Å²) in [7, 11) is 1.69. The number of rotatable bonds is 6. The van der Waals surface area contributed by atoms with Crippen molar-refractivity contribution in [1.82, 2.24) is 0 Å². The Morgan fingerprint density at radius 1 is 1.41 bits per heavy atom. The standard InChI is InChI=1S/C17H22N2O3/c1-6-7-14(8-9-18-5)15-11-17(22-12(2)3)16(19(20)21)10-13(15)4/h6-12H,1-5H3/b7-6-,14-8+,18-9+. The number of nitro benzene ring substituents is 1. The van der Waals surface area contributed by atoms with Gasteiger partial charge in [-0.15, -0.1) is 0 Å². The van der Waals surface area contributed by atoms with Crippen LogP contribution in [0.5, 0.6) is 5.75 Å². The lowest BCUT2D eigenvalue weighted by Crippen LogP contribution is -2.08. The number of nitrogens with zero attached hydrogens (tertiary/aromatic N) is 2. The van der Waals surface area contributed by atoms with Gasteiger partial charge in [-0.1, -0.05) is 12.2 Å². The van der Waals surface area contributed by atoms with Crippen molar-refractivity contribution < 1.29 is 9.66 Å². The third-order valence-corrected chi connectivity index (χ3v) is 2.93. The SMILES string of the molecule is C\C=C/C(=C\C=N\C)c1cc(OC(C)C)c([N+](=O)[O-])cc1C. The number of aryl methyl sites for hydroxylation is 1. The fourth-order valence-electron chi connectivity index (χ4n) is 2.04. The highest BCUT2D eigenvalue weighted by Gasteiger charge is 2.19. The molecule has 0 aliphatic rings. The second-order valence-electron chi connectivity index (χ2n) is 5.09. The lowest BCUT2D eigenvalue weighted by Gasteiger charge is -2.14. The van der Waals surface area contributed by atoms with E-state index in [1.165, 1.54) is 0 Å². The molecule has 0 saturated heterocycles. The molecule has 5 nitrogen and oxygen atoms in total. The molecule has 0 heterocycles. The molecular weight excluding hydrogens is 280 g/mol. The zero-order chi connectivity index (χ0) is 16.7. The normalized spacial score (nSPS) is 12.5. The number of hydrogen-bond donors (Lipinski definition) is 0. The summed E-state index contributed by atoms with van der Waals surface area (Å²) in [5, 5.41) is 11.2. The third kappa shape index (κ3) is 4.55. The molecule has 22 heavy (non-hydrogen) atoms. The van der Waals surface area contributed by atoms with Crippen LogP contribution in [0.1, 0.15) is 31.9 Å². The molecule has 0 radical (unpaired) electrons. The quantitative estimate of drug-likeness (QED) is 0.339. The number of nitro groups is 1. The Balaban J connectivity index is 3.50. The van der Waals surface area contributed by atoms with Crippen LogP contribution in [0.4, 0.5) is 5.69 Å². The van der Waals surface area contributed by atoms with E-state index < -0.39 is 4.92 Å². The van der Waals surface area contributed by atoms with Gasteiger partial charge in [0.2, 0.25) is 0 Å². The second-order valence-corrected chi connectivity index (χ2v) is 5.09. The van der Waals surface area contributed by atoms with Gasteiger partial charge in [-0.3, -0.25) is 15.1 Å². The molecule has 0 atom stereocenters. The largest absolute Gasteiger partial charge is 0.484 e. The molecule has 1 aromatic rings. The summed E-state index contributed by atoms with van der Waals surface area (Å²) in [6, 6.07) is 3.27. The van der Waals surface area contributed by atoms with Gasteiger partial charge in [-0.2, -0.15) is 0 Å². The fourth-order valence-corrected chi connectivity index (χ4v) is 2.04. The Hall–Kier alpha value is -2.43. The Morgan fingerprint density at radius 2 is 2.09 bits per heavy atom. The topological polar surface area (TPSA) is 64.7 Å². The number of ether oxygens (including phenoxy) is 1. The van der Waals surface area contributed by atoms with Crippen molar-refractivity contribution in [3.63, 3.8) is 0 Å². The average molecular weight is 302 g/mol. The highest BCUT2D eigenvalue weighted by atomic mass is 16.6. The van der Waals surface area contributed by atoms with E-state index in [1.54, 1.807) is 25.4 Å². The Labute approximate surface area is 131 Å². The summed E-state index contributed by atoms with van der Waals surface area (Å²) in [6.45, 7) is 7.45. The first kappa shape index (κ1) is 17.6. The van der Waals surface area contributed by atoms with E-state index in [9.17, 15) is 10.1 Å². The molecule has 0 fully saturated rings. The van der Waals surface area contributed by atoms with Crippen LogP contribution in [0.15, 0.2) is 35.4 Å². The lowest BCUT2D eigenvalue weighted by atomic mass is 9.98. The van der Waals surface area contributed by atoms with Crippen LogP contribution < -0.4 is 4.74 Å². The summed E-state index contributed by atoms with van der Waals surface area (Å²) < 4.78 is 5.61. The summed E-state index contributed by atoms with van der Waals surface area (Å²) >= 11 is 0. The van der Waals surface area contributed by atoms with Crippen molar-refractivity contribution in [3.8, 4) is 5.75 Å². The Kier molecular flexibility index (Phi) is 6.50. The molecule has 118 valence electrons. The summed E-state index contributed by atoms with van der Waals surface area (Å²) in [5.41, 5.74) is 2.61. The molecule has 0 N–H and O–H groups in total. The average Bonchev–Trinajstić information content (AvgIpc) is 2.44. The van der Waals surface area contributed by atoms with Gasteiger partial charge in [0.25, 0.3) is 0 Å². The van der Waals surface area contributed by atoms with Crippen LogP contribution in [-0.2, 0) is 0 Å². The van der Waals surface area contributed by atoms with Crippen molar-refractivity contribution in [2.45, 2.75) is 33.8 Å². The minimum absolute atomic E-state index is 0.0149. The minimum Gasteiger partial charge on any atom is -0.484 e. The van der Waals surface area contributed by atoms with Crippen LogP contribution in [-0.4, -0.2) is 24.3 Å². The predicted molar refractivity (Wildman–Crippen MR) is 90.8 cm³/mol. The smallest absolute Gasteiger partial charge is 0.311 e. The molecule has 0 aliphatic carbocycles. The first-order chi connectivity index (χ1) is 10.4. The zero-order valence-electron chi connectivity index (χ0n) is 13.7. The molecule has 1 rings (SSSR count). The van der Waals surface area contributed by atoms with E-state index in [1.807, 2.05) is 45.9 Å². The number of allylic oxidation sites excluding steroid dienone is 4. The lowest BCUT2D eigenvalue weighted by molar-refractivity contribution is -0.386. The van der Waals surface area contributed by atoms with Gasteiger partial charge in [-0.25, -0.2) is 0 Å². The van der Waals surface area contributed by atoms with E-state index in [4.69, 9.17) is 4.74 Å². The molecule has 0 amide bonds. The van der Waals surface area contributed by atoms with Crippen LogP contribution in [0, 0.1) is 17.0 Å². The predicted octanol–water partition coefficient (Wildman–Crippen LogP) is 4.35. The van der Waals surface area contributed by atoms with E-state index in [0.717, 1.165) is 16.7 Å². The Bertz CT molecular complexity index is 629. The maximum atomic E-state index is 11.2. The van der Waals surface area contributed by atoms with Gasteiger partial charge in [0.1, 0.15) is 0 Å². The highest BCUT2D eigenvalue weighted by Crippen LogP contribution is 2.34. The van der Waals surface area contributed by atoms with Crippen molar-refractivity contribution in [1.29, 1.82) is 0 Å². The second kappa shape index (κ2) is 8.12. The number of hydrogen-bond acceptors (Lipinski definition) is 4. The number of aliphatic imine (C=N–C) groups is 1. The molecule has 0 saturated carbocycles. The molecule has 0 aromatic heterocycles. The monoisotopic (exact) mass is 302 g/mol. The molecule has 0 aliphatic heterocycles. The molecule has 1 aromatic carbocycles. The number of benzene rings is 1. The van der Waals surface area contributed by atoms with Crippen LogP contribution >= 0.6 is 0 Å². The molecule has 0 unspecified atom stereocenters. The Morgan fingerprint density at radius 3 is 2.59 bits per heavy atom. The third-order valence-electron chi connectivity index (χ3n) is 2.93. The van der Waals surface area contributed by atoms with Crippen molar-refractivity contribution in [2.75, 3.05) is 7.05 Å². The fraction of sp³-hybridized carbons (Fsp3) is 0.353. The van der Waals surface area contributed by atoms with E-state index in [0.29, 0.717) is 0 Å². The van der Waals surface area contributed by atoms with Gasteiger partial charge in [0, 0.05) is 19.3 Å². The molecular formula is C17H22N2O3. The minimum atomic E-state index is -0.416. The van der Waals surface area contributed by atoms with Crippen molar-refractivity contribution in [3.05, 3.63) is 51.6 Å². The molecule has 5 heteroatoms. The van der Waals surface area contributed by atoms with Crippen molar-refractivity contribution >= 4 is 17.5 Å². The van der Waals surface area contributed by atoms with Crippen LogP contribution in [0.3, 0.4) is 0 Å². The van der Waals surface area contributed by atoms with E-state index >= 15 is 0 Å². The first-order valence-corrected chi connectivity index (χ1v) is 7.11. The summed E-state index contributed by atoms with van der Waals surface area (Å²) in [4.78, 5) is 14.7. The van der Waals surface area contributed by atoms with Crippen LogP contribution in [0.25, 0.3) is 5.57 Å². The van der Waals surface area contributed by atoms with Crippen molar-refractivity contribution in [2.24, 2.45) is 4.99 Å². The molecule has 0 spiro atoms.